The first-order valence-corrected chi connectivity index (χ1v) is 14.3. The van der Waals surface area contributed by atoms with E-state index in [4.69, 9.17) is 22.1 Å². The molecule has 0 radical (unpaired) electrons. The number of esters is 1. The molecule has 6 nitrogen and oxygen atoms in total. The third-order valence-electron chi connectivity index (χ3n) is 7.50. The van der Waals surface area contributed by atoms with Gasteiger partial charge in [-0.3, -0.25) is 9.69 Å². The van der Waals surface area contributed by atoms with Crippen LogP contribution >= 0.6 is 12.6 Å². The number of carbonyl (C=O) groups excluding carboxylic acids is 2. The number of likely N-dealkylation sites (tertiary alicyclic amines) is 1. The van der Waals surface area contributed by atoms with Crippen LogP contribution in [0.4, 0.5) is 4.79 Å². The highest BCUT2D eigenvalue weighted by atomic mass is 32.1. The summed E-state index contributed by atoms with van der Waals surface area (Å²) in [5.41, 5.74) is 1.98. The van der Waals surface area contributed by atoms with Crippen molar-refractivity contribution in [3.8, 4) is 0 Å². The first kappa shape index (κ1) is 29.7. The molecule has 1 saturated heterocycles. The zero-order valence-corrected chi connectivity index (χ0v) is 24.6. The molecule has 1 fully saturated rings. The normalized spacial score (nSPS) is 17.6. The Morgan fingerprint density at radius 1 is 0.900 bits per heavy atom. The molecule has 40 heavy (non-hydrogen) atoms. The summed E-state index contributed by atoms with van der Waals surface area (Å²) >= 11 is 5.10. The molecule has 0 aromatic heterocycles. The Hall–Kier alpha value is -3.29. The minimum atomic E-state index is -0.668. The lowest BCUT2D eigenvalue weighted by Gasteiger charge is -2.42. The lowest BCUT2D eigenvalue weighted by Crippen LogP contribution is -2.55. The van der Waals surface area contributed by atoms with Gasteiger partial charge in [-0.1, -0.05) is 91.0 Å². The quantitative estimate of drug-likeness (QED) is 0.185. The number of ether oxygens (including phenoxy) is 2. The van der Waals surface area contributed by atoms with Crippen LogP contribution < -0.4 is 5.32 Å². The first-order chi connectivity index (χ1) is 19.2. The second-order valence-electron chi connectivity index (χ2n) is 11.3. The van der Waals surface area contributed by atoms with Gasteiger partial charge in [0.05, 0.1) is 18.5 Å². The average molecular weight is 561 g/mol. The smallest absolute Gasteiger partial charge is 0.407 e. The van der Waals surface area contributed by atoms with Gasteiger partial charge in [-0.25, -0.2) is 4.79 Å². The fourth-order valence-corrected chi connectivity index (χ4v) is 6.22. The van der Waals surface area contributed by atoms with Crippen molar-refractivity contribution < 1.29 is 19.1 Å². The number of methoxy groups -OCH3 is 1. The van der Waals surface area contributed by atoms with E-state index in [1.165, 1.54) is 7.11 Å². The summed E-state index contributed by atoms with van der Waals surface area (Å²) in [5, 5.41) is 2.68. The lowest BCUT2D eigenvalue weighted by atomic mass is 9.66. The zero-order valence-electron chi connectivity index (χ0n) is 23.7. The van der Waals surface area contributed by atoms with Gasteiger partial charge < -0.3 is 14.8 Å². The van der Waals surface area contributed by atoms with Crippen molar-refractivity contribution in [2.45, 2.75) is 68.5 Å². The second-order valence-corrected chi connectivity index (χ2v) is 11.8. The van der Waals surface area contributed by atoms with Crippen molar-refractivity contribution in [2.24, 2.45) is 0 Å². The molecule has 0 saturated carbocycles. The summed E-state index contributed by atoms with van der Waals surface area (Å²) < 4.78 is 10.8. The van der Waals surface area contributed by atoms with Gasteiger partial charge in [-0.2, -0.15) is 12.6 Å². The highest BCUT2D eigenvalue weighted by Gasteiger charge is 2.44. The maximum atomic E-state index is 13.3. The summed E-state index contributed by atoms with van der Waals surface area (Å²) in [4.78, 5) is 28.0. The maximum Gasteiger partial charge on any atom is 0.407 e. The SMILES string of the molecule is COC(=O)[C@@H]1CCCN1C(S)C(CC(c1ccccc1)(c1ccccc1)c1ccccc1)NC(=O)OC(C)(C)C. The van der Waals surface area contributed by atoms with Gasteiger partial charge in [0, 0.05) is 12.0 Å². The molecule has 212 valence electrons. The van der Waals surface area contributed by atoms with Gasteiger partial charge in [-0.05, 0) is 56.7 Å². The van der Waals surface area contributed by atoms with Crippen LogP contribution in [0.3, 0.4) is 0 Å². The maximum absolute atomic E-state index is 13.3. The Morgan fingerprint density at radius 3 is 1.80 bits per heavy atom. The van der Waals surface area contributed by atoms with Crippen LogP contribution in [0, 0.1) is 0 Å². The van der Waals surface area contributed by atoms with Crippen LogP contribution in [-0.4, -0.2) is 53.7 Å². The molecule has 1 amide bonds. The predicted octanol–water partition coefficient (Wildman–Crippen LogP) is 6.20. The van der Waals surface area contributed by atoms with Crippen LogP contribution in [0.15, 0.2) is 91.0 Å². The van der Waals surface area contributed by atoms with Gasteiger partial charge >= 0.3 is 12.1 Å². The number of thiol groups is 1. The lowest BCUT2D eigenvalue weighted by molar-refractivity contribution is -0.146. The van der Waals surface area contributed by atoms with Crippen molar-refractivity contribution in [1.82, 2.24) is 10.2 Å². The highest BCUT2D eigenvalue weighted by molar-refractivity contribution is 7.81. The molecule has 1 aliphatic rings. The van der Waals surface area contributed by atoms with Crippen LogP contribution in [0.2, 0.25) is 0 Å². The summed E-state index contributed by atoms with van der Waals surface area (Å²) in [6.45, 7) is 6.20. The highest BCUT2D eigenvalue weighted by Crippen LogP contribution is 2.44. The van der Waals surface area contributed by atoms with E-state index in [0.29, 0.717) is 19.4 Å². The van der Waals surface area contributed by atoms with E-state index in [1.54, 1.807) is 0 Å². The number of amides is 1. The van der Waals surface area contributed by atoms with Crippen LogP contribution in [0.1, 0.15) is 56.7 Å². The predicted molar refractivity (Wildman–Crippen MR) is 162 cm³/mol. The van der Waals surface area contributed by atoms with Crippen molar-refractivity contribution in [3.05, 3.63) is 108 Å². The number of hydrogen-bond acceptors (Lipinski definition) is 6. The molecule has 1 aliphatic heterocycles. The molecule has 4 rings (SSSR count). The summed E-state index contributed by atoms with van der Waals surface area (Å²) in [5.74, 6) is -0.284. The number of rotatable bonds is 9. The molecule has 3 aromatic carbocycles. The molecule has 7 heteroatoms. The number of benzene rings is 3. The first-order valence-electron chi connectivity index (χ1n) is 13.8. The number of hydrogen-bond donors (Lipinski definition) is 2. The molecule has 0 aliphatic carbocycles. The summed E-state index contributed by atoms with van der Waals surface area (Å²) in [6, 6.07) is 30.1. The Balaban J connectivity index is 1.86. The molecule has 1 heterocycles. The van der Waals surface area contributed by atoms with Gasteiger partial charge in [-0.15, -0.1) is 0 Å². The van der Waals surface area contributed by atoms with Crippen molar-refractivity contribution in [1.29, 1.82) is 0 Å². The Bertz CT molecular complexity index is 1150. The number of nitrogens with zero attached hydrogens (tertiary/aromatic N) is 1. The molecule has 0 bridgehead atoms. The van der Waals surface area contributed by atoms with Gasteiger partial charge in [0.25, 0.3) is 0 Å². The summed E-state index contributed by atoms with van der Waals surface area (Å²) in [7, 11) is 1.41. The van der Waals surface area contributed by atoms with Crippen LogP contribution in [-0.2, 0) is 19.7 Å². The Labute approximate surface area is 243 Å². The molecule has 1 N–H and O–H groups in total. The van der Waals surface area contributed by atoms with E-state index >= 15 is 0 Å². The van der Waals surface area contributed by atoms with Crippen molar-refractivity contribution in [2.75, 3.05) is 13.7 Å². The van der Waals surface area contributed by atoms with Crippen LogP contribution in [0.25, 0.3) is 0 Å². The van der Waals surface area contributed by atoms with E-state index < -0.39 is 34.6 Å². The van der Waals surface area contributed by atoms with Crippen molar-refractivity contribution >= 4 is 24.7 Å². The number of nitrogens with one attached hydrogen (secondary N) is 1. The Morgan fingerprint density at radius 2 is 1.38 bits per heavy atom. The monoisotopic (exact) mass is 560 g/mol. The van der Waals surface area contributed by atoms with E-state index in [-0.39, 0.29) is 5.97 Å². The number of alkyl carbamates (subject to hydrolysis) is 1. The largest absolute Gasteiger partial charge is 0.468 e. The molecule has 3 atom stereocenters. The minimum Gasteiger partial charge on any atom is -0.468 e. The van der Waals surface area contributed by atoms with E-state index in [0.717, 1.165) is 23.1 Å². The molecule has 0 spiro atoms. The molecular formula is C33H40N2O4S. The average Bonchev–Trinajstić information content (AvgIpc) is 3.45. The van der Waals surface area contributed by atoms with Crippen LogP contribution in [0.5, 0.6) is 0 Å². The topological polar surface area (TPSA) is 67.9 Å². The van der Waals surface area contributed by atoms with Gasteiger partial charge in [0.15, 0.2) is 0 Å². The minimum absolute atomic E-state index is 0.284. The van der Waals surface area contributed by atoms with Gasteiger partial charge in [0.2, 0.25) is 0 Å². The molecule has 2 unspecified atom stereocenters. The fourth-order valence-electron chi connectivity index (χ4n) is 5.77. The Kier molecular flexibility index (Phi) is 9.59. The molecule has 3 aromatic rings. The summed E-state index contributed by atoms with van der Waals surface area (Å²) in [6.07, 6.45) is 1.48. The van der Waals surface area contributed by atoms with Crippen molar-refractivity contribution in [3.63, 3.8) is 0 Å². The van der Waals surface area contributed by atoms with E-state index in [2.05, 4.69) is 41.7 Å². The standard InChI is InChI=1S/C33H40N2O4S/c1-32(2,3)39-31(37)34-27(29(40)35-22-14-21-28(35)30(36)38-4)23-33(24-15-8-5-9-16-24,25-17-10-6-11-18-25)26-19-12-7-13-20-26/h5-13,15-20,27-29,40H,14,21-23H2,1-4H3,(H,34,37)/t27?,28-,29?/m0/s1. The van der Waals surface area contributed by atoms with E-state index in [9.17, 15) is 9.59 Å². The third kappa shape index (κ3) is 6.70. The van der Waals surface area contributed by atoms with Gasteiger partial charge in [0.1, 0.15) is 11.6 Å². The zero-order chi connectivity index (χ0) is 28.8. The third-order valence-corrected chi connectivity index (χ3v) is 8.15. The fraction of sp³-hybridized carbons (Fsp3) is 0.394. The molecular weight excluding hydrogens is 520 g/mol. The second kappa shape index (κ2) is 12.9. The van der Waals surface area contributed by atoms with E-state index in [1.807, 2.05) is 80.3 Å². The number of carbonyl (C=O) groups is 2.